The fraction of sp³-hybridized carbons (Fsp3) is 0.312. The van der Waals surface area contributed by atoms with Crippen molar-refractivity contribution in [2.75, 3.05) is 7.11 Å². The van der Waals surface area contributed by atoms with Crippen molar-refractivity contribution in [1.29, 1.82) is 0 Å². The summed E-state index contributed by atoms with van der Waals surface area (Å²) < 4.78 is 18.5. The Morgan fingerprint density at radius 2 is 2.14 bits per heavy atom. The van der Waals surface area contributed by atoms with Crippen LogP contribution >= 0.6 is 0 Å². The number of hydrazine groups is 1. The molecule has 1 aromatic heterocycles. The molecule has 5 heteroatoms. The second kappa shape index (κ2) is 7.15. The van der Waals surface area contributed by atoms with Crippen LogP contribution < -0.4 is 16.0 Å². The lowest BCUT2D eigenvalue weighted by molar-refractivity contribution is 0.384. The number of aromatic nitrogens is 1. The van der Waals surface area contributed by atoms with Crippen LogP contribution in [0.4, 0.5) is 4.39 Å². The molecule has 4 nitrogen and oxygen atoms in total. The lowest BCUT2D eigenvalue weighted by Gasteiger charge is -2.17. The fourth-order valence-electron chi connectivity index (χ4n) is 2.16. The number of rotatable bonds is 6. The molecular formula is C16H20FN3O. The molecule has 0 radical (unpaired) electrons. The van der Waals surface area contributed by atoms with E-state index in [1.807, 2.05) is 12.3 Å². The Bertz CT molecular complexity index is 587. The quantitative estimate of drug-likeness (QED) is 0.634. The number of methoxy groups -OCH3 is 1. The third-order valence-corrected chi connectivity index (χ3v) is 3.49. The Hall–Kier alpha value is -1.98. The van der Waals surface area contributed by atoms with Gasteiger partial charge in [-0.25, -0.2) is 4.39 Å². The van der Waals surface area contributed by atoms with Crippen molar-refractivity contribution in [3.63, 3.8) is 0 Å². The van der Waals surface area contributed by atoms with Gasteiger partial charge in [0.15, 0.2) is 11.6 Å². The topological polar surface area (TPSA) is 60.2 Å². The zero-order valence-corrected chi connectivity index (χ0v) is 12.3. The first kappa shape index (κ1) is 15.4. The van der Waals surface area contributed by atoms with Crippen LogP contribution in [0.2, 0.25) is 0 Å². The Balaban J connectivity index is 2.18. The predicted molar refractivity (Wildman–Crippen MR) is 80.3 cm³/mol. The molecule has 0 aliphatic carbocycles. The Morgan fingerprint density at radius 3 is 2.71 bits per heavy atom. The number of aryl methyl sites for hydroxylation is 1. The van der Waals surface area contributed by atoms with Gasteiger partial charge in [0.25, 0.3) is 0 Å². The number of nitrogens with one attached hydrogen (secondary N) is 1. The van der Waals surface area contributed by atoms with Gasteiger partial charge in [0.05, 0.1) is 13.2 Å². The van der Waals surface area contributed by atoms with Crippen molar-refractivity contribution in [3.8, 4) is 5.75 Å². The molecule has 2 aromatic rings. The minimum atomic E-state index is -0.387. The van der Waals surface area contributed by atoms with Gasteiger partial charge >= 0.3 is 0 Å². The van der Waals surface area contributed by atoms with Crippen molar-refractivity contribution in [3.05, 3.63) is 59.2 Å². The van der Waals surface area contributed by atoms with E-state index >= 15 is 0 Å². The van der Waals surface area contributed by atoms with Gasteiger partial charge in [0, 0.05) is 18.3 Å². The second-order valence-electron chi connectivity index (χ2n) is 4.83. The summed E-state index contributed by atoms with van der Waals surface area (Å²) in [6.45, 7) is 2.09. The Labute approximate surface area is 124 Å². The van der Waals surface area contributed by atoms with Crippen LogP contribution in [0.5, 0.6) is 5.75 Å². The molecule has 2 rings (SSSR count). The number of nitrogens with two attached hydrogens (primary N) is 1. The molecule has 0 saturated carbocycles. The van der Waals surface area contributed by atoms with Gasteiger partial charge < -0.3 is 4.74 Å². The first-order valence-electron chi connectivity index (χ1n) is 6.91. The molecule has 0 fully saturated rings. The van der Waals surface area contributed by atoms with Crippen molar-refractivity contribution < 1.29 is 9.13 Å². The summed E-state index contributed by atoms with van der Waals surface area (Å²) in [5.41, 5.74) is 5.73. The van der Waals surface area contributed by atoms with E-state index in [-0.39, 0.29) is 17.6 Å². The highest BCUT2D eigenvalue weighted by Gasteiger charge is 2.14. The summed E-state index contributed by atoms with van der Waals surface area (Å²) in [5, 5.41) is 0. The number of halogens is 1. The predicted octanol–water partition coefficient (Wildman–Crippen LogP) is 2.54. The number of hydrogen-bond donors (Lipinski definition) is 2. The molecule has 0 spiro atoms. The lowest BCUT2D eigenvalue weighted by Crippen LogP contribution is -2.29. The largest absolute Gasteiger partial charge is 0.494 e. The molecule has 1 heterocycles. The maximum absolute atomic E-state index is 13.5. The zero-order valence-electron chi connectivity index (χ0n) is 12.3. The summed E-state index contributed by atoms with van der Waals surface area (Å²) in [6.07, 6.45) is 3.45. The normalized spacial score (nSPS) is 12.2. The maximum Gasteiger partial charge on any atom is 0.165 e. The van der Waals surface area contributed by atoms with Crippen LogP contribution in [0.15, 0.2) is 36.5 Å². The zero-order chi connectivity index (χ0) is 15.2. The van der Waals surface area contributed by atoms with Gasteiger partial charge in [-0.15, -0.1) is 0 Å². The van der Waals surface area contributed by atoms with Gasteiger partial charge in [-0.2, -0.15) is 0 Å². The lowest BCUT2D eigenvalue weighted by atomic mass is 10.0. The van der Waals surface area contributed by atoms with E-state index in [2.05, 4.69) is 23.4 Å². The molecule has 0 amide bonds. The maximum atomic E-state index is 13.5. The van der Waals surface area contributed by atoms with Crippen LogP contribution in [0.25, 0.3) is 0 Å². The Kier molecular flexibility index (Phi) is 5.25. The van der Waals surface area contributed by atoms with Crippen LogP contribution in [0.3, 0.4) is 0 Å². The molecule has 0 aliphatic heterocycles. The second-order valence-corrected chi connectivity index (χ2v) is 4.83. The average Bonchev–Trinajstić information content (AvgIpc) is 2.54. The average molecular weight is 289 g/mol. The summed E-state index contributed by atoms with van der Waals surface area (Å²) in [5.74, 6) is 5.45. The van der Waals surface area contributed by atoms with E-state index in [1.165, 1.54) is 18.7 Å². The molecule has 0 bridgehead atoms. The van der Waals surface area contributed by atoms with E-state index in [1.54, 1.807) is 12.1 Å². The fourth-order valence-corrected chi connectivity index (χ4v) is 2.16. The van der Waals surface area contributed by atoms with Gasteiger partial charge in [-0.05, 0) is 35.7 Å². The number of ether oxygens (including phenoxy) is 1. The van der Waals surface area contributed by atoms with E-state index in [9.17, 15) is 4.39 Å². The number of nitrogens with zero attached hydrogens (tertiary/aromatic N) is 1. The smallest absolute Gasteiger partial charge is 0.165 e. The summed E-state index contributed by atoms with van der Waals surface area (Å²) in [7, 11) is 1.44. The van der Waals surface area contributed by atoms with Gasteiger partial charge in [-0.1, -0.05) is 19.1 Å². The standard InChI is InChI=1S/C16H20FN3O/c1-3-11-4-6-13(19-10-11)9-15(20-18)12-5-7-14(17)16(8-12)21-2/h4-8,10,15,20H,3,9,18H2,1-2H3. The first-order valence-corrected chi connectivity index (χ1v) is 6.91. The minimum absolute atomic E-state index is 0.153. The molecule has 21 heavy (non-hydrogen) atoms. The molecular weight excluding hydrogens is 269 g/mol. The number of pyridine rings is 1. The highest BCUT2D eigenvalue weighted by molar-refractivity contribution is 5.33. The Morgan fingerprint density at radius 1 is 1.33 bits per heavy atom. The van der Waals surface area contributed by atoms with Gasteiger partial charge in [0.1, 0.15) is 0 Å². The van der Waals surface area contributed by atoms with E-state index in [4.69, 9.17) is 10.6 Å². The molecule has 0 aliphatic rings. The van der Waals surface area contributed by atoms with Crippen LogP contribution in [0.1, 0.15) is 29.8 Å². The van der Waals surface area contributed by atoms with Crippen molar-refractivity contribution in [1.82, 2.24) is 10.4 Å². The van der Waals surface area contributed by atoms with Crippen LogP contribution in [0, 0.1) is 5.82 Å². The van der Waals surface area contributed by atoms with E-state index in [0.29, 0.717) is 6.42 Å². The van der Waals surface area contributed by atoms with Crippen LogP contribution in [-0.4, -0.2) is 12.1 Å². The van der Waals surface area contributed by atoms with Gasteiger partial charge in [0.2, 0.25) is 0 Å². The van der Waals surface area contributed by atoms with Crippen molar-refractivity contribution in [2.24, 2.45) is 5.84 Å². The van der Waals surface area contributed by atoms with Crippen LogP contribution in [-0.2, 0) is 12.8 Å². The third kappa shape index (κ3) is 3.77. The molecule has 3 N–H and O–H groups in total. The minimum Gasteiger partial charge on any atom is -0.494 e. The molecule has 1 unspecified atom stereocenters. The van der Waals surface area contributed by atoms with E-state index < -0.39 is 0 Å². The SMILES string of the molecule is CCc1ccc(CC(NN)c2ccc(F)c(OC)c2)nc1. The summed E-state index contributed by atoms with van der Waals surface area (Å²) >= 11 is 0. The molecule has 1 aromatic carbocycles. The highest BCUT2D eigenvalue weighted by Crippen LogP contribution is 2.24. The van der Waals surface area contributed by atoms with Crippen molar-refractivity contribution >= 4 is 0 Å². The van der Waals surface area contributed by atoms with Gasteiger partial charge in [-0.3, -0.25) is 16.3 Å². The molecule has 0 saturated heterocycles. The highest BCUT2D eigenvalue weighted by atomic mass is 19.1. The molecule has 112 valence electrons. The molecule has 1 atom stereocenters. The summed E-state index contributed by atoms with van der Waals surface area (Å²) in [4.78, 5) is 4.42. The van der Waals surface area contributed by atoms with E-state index in [0.717, 1.165) is 17.7 Å². The monoisotopic (exact) mass is 289 g/mol. The first-order chi connectivity index (χ1) is 10.2. The summed E-state index contributed by atoms with van der Waals surface area (Å²) in [6, 6.07) is 8.62. The number of hydrogen-bond acceptors (Lipinski definition) is 4. The van der Waals surface area contributed by atoms with Crippen molar-refractivity contribution in [2.45, 2.75) is 25.8 Å². The third-order valence-electron chi connectivity index (χ3n) is 3.49. The number of benzene rings is 1.